The molecule has 0 radical (unpaired) electrons. The summed E-state index contributed by atoms with van der Waals surface area (Å²) < 4.78 is 1.59. The summed E-state index contributed by atoms with van der Waals surface area (Å²) in [6, 6.07) is 9.53. The molecule has 0 saturated heterocycles. The molecule has 3 aromatic heterocycles. The highest BCUT2D eigenvalue weighted by Gasteiger charge is 2.30. The van der Waals surface area contributed by atoms with E-state index in [1.165, 1.54) is 11.1 Å². The first-order valence-electron chi connectivity index (χ1n) is 11.5. The highest BCUT2D eigenvalue weighted by molar-refractivity contribution is 5.82. The number of amides is 1. The second-order valence-electron chi connectivity index (χ2n) is 8.97. The lowest BCUT2D eigenvalue weighted by molar-refractivity contribution is -0.124. The second-order valence-corrected chi connectivity index (χ2v) is 8.97. The van der Waals surface area contributed by atoms with E-state index in [0.29, 0.717) is 25.9 Å². The molecule has 8 heteroatoms. The van der Waals surface area contributed by atoms with Crippen molar-refractivity contribution in [2.24, 2.45) is 0 Å². The second kappa shape index (κ2) is 8.78. The summed E-state index contributed by atoms with van der Waals surface area (Å²) in [6.45, 7) is 6.94. The van der Waals surface area contributed by atoms with Crippen LogP contribution in [0.15, 0.2) is 47.5 Å². The Kier molecular flexibility index (Phi) is 5.65. The zero-order valence-electron chi connectivity index (χ0n) is 19.6. The van der Waals surface area contributed by atoms with E-state index in [1.54, 1.807) is 10.8 Å². The molecule has 0 bridgehead atoms. The Bertz CT molecular complexity index is 1450. The summed E-state index contributed by atoms with van der Waals surface area (Å²) in [4.78, 5) is 38.2. The molecule has 1 aliphatic rings. The monoisotopic (exact) mass is 456 g/mol. The van der Waals surface area contributed by atoms with Gasteiger partial charge in [-0.1, -0.05) is 18.2 Å². The van der Waals surface area contributed by atoms with Crippen LogP contribution in [-0.2, 0) is 24.3 Å². The first-order chi connectivity index (χ1) is 16.4. The fourth-order valence-electron chi connectivity index (χ4n) is 4.58. The van der Waals surface area contributed by atoms with Crippen molar-refractivity contribution in [1.29, 1.82) is 0 Å². The Labute approximate surface area is 197 Å². The number of carbonyl (C=O) groups excluding carboxylic acids is 1. The van der Waals surface area contributed by atoms with Gasteiger partial charge in [0.25, 0.3) is 5.56 Å². The van der Waals surface area contributed by atoms with Crippen LogP contribution in [0.25, 0.3) is 10.9 Å². The number of aromatic nitrogens is 4. The third kappa shape index (κ3) is 4.07. The average molecular weight is 457 g/mol. The van der Waals surface area contributed by atoms with Gasteiger partial charge < -0.3 is 15.6 Å². The van der Waals surface area contributed by atoms with Crippen LogP contribution in [0.1, 0.15) is 46.2 Å². The zero-order valence-corrected chi connectivity index (χ0v) is 19.6. The molecule has 3 N–H and O–H groups in total. The number of anilines is 1. The van der Waals surface area contributed by atoms with E-state index in [1.807, 2.05) is 37.4 Å². The minimum absolute atomic E-state index is 0.166. The van der Waals surface area contributed by atoms with Gasteiger partial charge in [0.15, 0.2) is 5.82 Å². The van der Waals surface area contributed by atoms with Crippen molar-refractivity contribution in [2.45, 2.75) is 52.7 Å². The third-order valence-corrected chi connectivity index (χ3v) is 6.67. The maximum Gasteiger partial charge on any atom is 0.294 e. The zero-order chi connectivity index (χ0) is 23.8. The molecule has 1 amide bonds. The molecule has 0 saturated carbocycles. The number of nitrogens with zero attached hydrogens (tertiary/aromatic N) is 3. The van der Waals surface area contributed by atoms with E-state index in [4.69, 9.17) is 0 Å². The number of hydrogen-bond donors (Lipinski definition) is 3. The molecule has 4 heterocycles. The molecule has 0 fully saturated rings. The van der Waals surface area contributed by atoms with E-state index < -0.39 is 6.04 Å². The summed E-state index contributed by atoms with van der Waals surface area (Å²) in [5.74, 6) is 0.100. The topological polar surface area (TPSA) is 105 Å². The molecule has 34 heavy (non-hydrogen) atoms. The Morgan fingerprint density at radius 2 is 2.00 bits per heavy atom. The first kappa shape index (κ1) is 21.9. The van der Waals surface area contributed by atoms with Gasteiger partial charge in [0.05, 0.1) is 6.54 Å². The van der Waals surface area contributed by atoms with Crippen LogP contribution in [0.3, 0.4) is 0 Å². The number of rotatable bonds is 6. The first-order valence-corrected chi connectivity index (χ1v) is 11.5. The molecule has 0 unspecified atom stereocenters. The smallest absolute Gasteiger partial charge is 0.294 e. The maximum absolute atomic E-state index is 13.2. The molecule has 1 aromatic carbocycles. The Morgan fingerprint density at radius 1 is 1.15 bits per heavy atom. The van der Waals surface area contributed by atoms with Crippen LogP contribution in [0, 0.1) is 20.8 Å². The van der Waals surface area contributed by atoms with Crippen LogP contribution in [0.4, 0.5) is 5.82 Å². The average Bonchev–Trinajstić information content (AvgIpc) is 3.43. The number of nitrogens with one attached hydrogen (secondary N) is 3. The molecular weight excluding hydrogens is 428 g/mol. The number of aromatic amines is 1. The van der Waals surface area contributed by atoms with E-state index in [0.717, 1.165) is 33.5 Å². The summed E-state index contributed by atoms with van der Waals surface area (Å²) in [6.07, 6.45) is 4.75. The highest BCUT2D eigenvalue weighted by Crippen LogP contribution is 2.24. The lowest BCUT2D eigenvalue weighted by Gasteiger charge is -2.16. The van der Waals surface area contributed by atoms with Crippen LogP contribution < -0.4 is 16.2 Å². The fourth-order valence-corrected chi connectivity index (χ4v) is 4.58. The molecule has 5 rings (SSSR count). The summed E-state index contributed by atoms with van der Waals surface area (Å²) in [5, 5.41) is 7.16. The van der Waals surface area contributed by atoms with Crippen LogP contribution in [0.5, 0.6) is 0 Å². The Hall–Kier alpha value is -3.94. The van der Waals surface area contributed by atoms with Gasteiger partial charge in [-0.15, -0.1) is 0 Å². The molecule has 0 spiro atoms. The number of benzene rings is 1. The van der Waals surface area contributed by atoms with Gasteiger partial charge in [0.1, 0.15) is 6.04 Å². The van der Waals surface area contributed by atoms with Gasteiger partial charge in [-0.3, -0.25) is 19.1 Å². The van der Waals surface area contributed by atoms with Crippen molar-refractivity contribution < 1.29 is 4.79 Å². The fraction of sp³-hybridized carbons (Fsp3) is 0.308. The van der Waals surface area contributed by atoms with Gasteiger partial charge in [-0.25, -0.2) is 4.98 Å². The minimum atomic E-state index is -0.542. The molecule has 0 aliphatic carbocycles. The number of hydrogen-bond acceptors (Lipinski definition) is 5. The van der Waals surface area contributed by atoms with Gasteiger partial charge in [0, 0.05) is 46.9 Å². The largest absolute Gasteiger partial charge is 0.361 e. The normalized spacial score (nSPS) is 14.9. The molecule has 8 nitrogen and oxygen atoms in total. The third-order valence-electron chi connectivity index (χ3n) is 6.67. The number of aryl methyl sites for hydroxylation is 3. The van der Waals surface area contributed by atoms with Gasteiger partial charge >= 0.3 is 0 Å². The summed E-state index contributed by atoms with van der Waals surface area (Å²) >= 11 is 0. The lowest BCUT2D eigenvalue weighted by Crippen LogP contribution is -2.36. The summed E-state index contributed by atoms with van der Waals surface area (Å²) in [7, 11) is 0. The molecule has 174 valence electrons. The van der Waals surface area contributed by atoms with E-state index in [9.17, 15) is 9.59 Å². The van der Waals surface area contributed by atoms with Crippen LogP contribution in [-0.4, -0.2) is 25.4 Å². The van der Waals surface area contributed by atoms with Crippen LogP contribution >= 0.6 is 0 Å². The van der Waals surface area contributed by atoms with Gasteiger partial charge in [-0.05, 0) is 62.4 Å². The maximum atomic E-state index is 13.2. The number of fused-ring (bicyclic) bond motifs is 2. The van der Waals surface area contributed by atoms with Gasteiger partial charge in [-0.2, -0.15) is 0 Å². The van der Waals surface area contributed by atoms with Crippen molar-refractivity contribution in [3.63, 3.8) is 0 Å². The van der Waals surface area contributed by atoms with Gasteiger partial charge in [0.2, 0.25) is 5.91 Å². The Morgan fingerprint density at radius 3 is 2.85 bits per heavy atom. The van der Waals surface area contributed by atoms with Crippen molar-refractivity contribution >= 4 is 22.6 Å². The molecule has 4 aromatic rings. The number of carbonyl (C=O) groups is 1. The van der Waals surface area contributed by atoms with Crippen molar-refractivity contribution in [1.82, 2.24) is 24.8 Å². The molecule has 1 atom stereocenters. The predicted molar refractivity (Wildman–Crippen MR) is 132 cm³/mol. The van der Waals surface area contributed by atoms with E-state index in [-0.39, 0.29) is 17.3 Å². The quantitative estimate of drug-likeness (QED) is 0.412. The number of pyridine rings is 1. The summed E-state index contributed by atoms with van der Waals surface area (Å²) in [5.41, 5.74) is 6.86. The van der Waals surface area contributed by atoms with E-state index in [2.05, 4.69) is 45.5 Å². The lowest BCUT2D eigenvalue weighted by atomic mass is 10.0. The van der Waals surface area contributed by atoms with Crippen molar-refractivity contribution in [3.05, 3.63) is 86.9 Å². The number of H-pyrrole nitrogens is 1. The van der Waals surface area contributed by atoms with Crippen molar-refractivity contribution in [2.75, 3.05) is 5.32 Å². The Balaban J connectivity index is 1.30. The van der Waals surface area contributed by atoms with Crippen molar-refractivity contribution in [3.8, 4) is 0 Å². The standard InChI is InChI=1S/C26H28N6O2/c1-15-5-4-6-18(17(15)3)11-28-24-26(34)32-21(14-29-24)7-8-23(32)25(33)30-13-20-10-19-12-27-16(2)9-22(19)31-20/h4-6,9-10,12,14,23,31H,7-8,11,13H2,1-3H3,(H,28,29)(H,30,33)/t23-/m0/s1. The highest BCUT2D eigenvalue weighted by atomic mass is 16.2. The minimum Gasteiger partial charge on any atom is -0.361 e. The predicted octanol–water partition coefficient (Wildman–Crippen LogP) is 3.46. The SMILES string of the molecule is Cc1cc2[nH]c(CNC(=O)[C@@H]3CCc4cnc(NCc5cccc(C)c5C)c(=O)n43)cc2cn1. The molecular formula is C26H28N6O2. The molecule has 1 aliphatic heterocycles. The van der Waals surface area contributed by atoms with Crippen LogP contribution in [0.2, 0.25) is 0 Å². The van der Waals surface area contributed by atoms with E-state index >= 15 is 0 Å².